The second kappa shape index (κ2) is 5.52. The number of rotatable bonds is 4. The Morgan fingerprint density at radius 3 is 2.71 bits per heavy atom. The van der Waals surface area contributed by atoms with Gasteiger partial charge in [-0.2, -0.15) is 0 Å². The first-order valence-corrected chi connectivity index (χ1v) is 6.15. The van der Waals surface area contributed by atoms with Gasteiger partial charge in [-0.3, -0.25) is 9.69 Å². The van der Waals surface area contributed by atoms with Crippen molar-refractivity contribution in [1.82, 2.24) is 4.90 Å². The summed E-state index contributed by atoms with van der Waals surface area (Å²) in [6.45, 7) is 1.81. The smallest absolute Gasteiger partial charge is 0.306 e. The summed E-state index contributed by atoms with van der Waals surface area (Å²) in [5.74, 6) is -0.147. The third-order valence-electron chi connectivity index (χ3n) is 3.22. The maximum absolute atomic E-state index is 11.1. The van der Waals surface area contributed by atoms with Crippen molar-refractivity contribution < 1.29 is 9.53 Å². The van der Waals surface area contributed by atoms with Gasteiger partial charge >= 0.3 is 5.97 Å². The molecular formula is C13H16ClNO2. The summed E-state index contributed by atoms with van der Waals surface area (Å²) in [6, 6.07) is 8.35. The Labute approximate surface area is 106 Å². The molecule has 4 heteroatoms. The quantitative estimate of drug-likeness (QED) is 0.773. The monoisotopic (exact) mass is 253 g/mol. The highest BCUT2D eigenvalue weighted by Gasteiger charge is 2.29. The zero-order chi connectivity index (χ0) is 12.3. The highest BCUT2D eigenvalue weighted by Crippen LogP contribution is 2.33. The highest BCUT2D eigenvalue weighted by molar-refractivity contribution is 6.30. The van der Waals surface area contributed by atoms with E-state index in [2.05, 4.69) is 21.8 Å². The molecule has 1 saturated heterocycles. The second-order valence-electron chi connectivity index (χ2n) is 4.22. The molecule has 0 saturated carbocycles. The average Bonchev–Trinajstić information content (AvgIpc) is 2.30. The lowest BCUT2D eigenvalue weighted by atomic mass is 9.94. The Morgan fingerprint density at radius 1 is 1.47 bits per heavy atom. The van der Waals surface area contributed by atoms with Gasteiger partial charge in [-0.1, -0.05) is 23.7 Å². The fraction of sp³-hybridized carbons (Fsp3) is 0.462. The van der Waals surface area contributed by atoms with Crippen molar-refractivity contribution in [2.45, 2.75) is 18.9 Å². The minimum atomic E-state index is -0.147. The molecule has 1 fully saturated rings. The van der Waals surface area contributed by atoms with Crippen LogP contribution in [0.3, 0.4) is 0 Å². The van der Waals surface area contributed by atoms with E-state index in [1.165, 1.54) is 12.7 Å². The van der Waals surface area contributed by atoms with E-state index in [4.69, 9.17) is 11.6 Å². The number of benzene rings is 1. The van der Waals surface area contributed by atoms with Gasteiger partial charge in [0.1, 0.15) is 0 Å². The van der Waals surface area contributed by atoms with Gasteiger partial charge < -0.3 is 4.74 Å². The molecule has 0 N–H and O–H groups in total. The predicted molar refractivity (Wildman–Crippen MR) is 67.0 cm³/mol. The maximum atomic E-state index is 11.1. The van der Waals surface area contributed by atoms with E-state index in [9.17, 15) is 4.79 Å². The Hall–Kier alpha value is -1.06. The molecule has 1 heterocycles. The number of carbonyl (C=O) groups is 1. The molecule has 0 bridgehead atoms. The molecule has 1 atom stereocenters. The Kier molecular flexibility index (Phi) is 4.02. The number of likely N-dealkylation sites (tertiary alicyclic amines) is 1. The molecule has 2 rings (SSSR count). The molecule has 3 nitrogen and oxygen atoms in total. The molecule has 1 aliphatic rings. The molecule has 0 spiro atoms. The Bertz CT molecular complexity index is 391. The fourth-order valence-electron chi connectivity index (χ4n) is 2.11. The molecule has 1 aromatic carbocycles. The van der Waals surface area contributed by atoms with Gasteiger partial charge in [0.15, 0.2) is 0 Å². The number of ether oxygens (including phenoxy) is 1. The molecule has 0 radical (unpaired) electrons. The molecule has 0 aromatic heterocycles. The molecule has 0 amide bonds. The van der Waals surface area contributed by atoms with E-state index in [-0.39, 0.29) is 5.97 Å². The van der Waals surface area contributed by atoms with Gasteiger partial charge in [-0.25, -0.2) is 0 Å². The Balaban J connectivity index is 1.90. The number of hydrogen-bond donors (Lipinski definition) is 0. The van der Waals surface area contributed by atoms with Crippen molar-refractivity contribution in [3.8, 4) is 0 Å². The van der Waals surface area contributed by atoms with Crippen LogP contribution in [0.4, 0.5) is 0 Å². The van der Waals surface area contributed by atoms with Crippen molar-refractivity contribution in [2.24, 2.45) is 0 Å². The van der Waals surface area contributed by atoms with Crippen LogP contribution in [0, 0.1) is 0 Å². The van der Waals surface area contributed by atoms with Crippen LogP contribution in [0.25, 0.3) is 0 Å². The largest absolute Gasteiger partial charge is 0.469 e. The van der Waals surface area contributed by atoms with Gasteiger partial charge in [0.05, 0.1) is 13.5 Å². The number of hydrogen-bond acceptors (Lipinski definition) is 3. The van der Waals surface area contributed by atoms with E-state index in [0.717, 1.165) is 24.5 Å². The fourth-order valence-corrected chi connectivity index (χ4v) is 2.23. The van der Waals surface area contributed by atoms with Crippen LogP contribution < -0.4 is 0 Å². The van der Waals surface area contributed by atoms with E-state index in [0.29, 0.717) is 12.5 Å². The zero-order valence-corrected chi connectivity index (χ0v) is 10.6. The van der Waals surface area contributed by atoms with Gasteiger partial charge in [0.2, 0.25) is 0 Å². The number of esters is 1. The maximum Gasteiger partial charge on any atom is 0.306 e. The SMILES string of the molecule is COC(=O)CCN1CC[C@H]1c1ccc(Cl)cc1. The molecule has 0 unspecified atom stereocenters. The van der Waals surface area contributed by atoms with Crippen LogP contribution in [0.2, 0.25) is 5.02 Å². The van der Waals surface area contributed by atoms with Gasteiger partial charge in [-0.15, -0.1) is 0 Å². The minimum Gasteiger partial charge on any atom is -0.469 e. The molecule has 0 aliphatic carbocycles. The van der Waals surface area contributed by atoms with E-state index in [1.807, 2.05) is 12.1 Å². The number of halogens is 1. The highest BCUT2D eigenvalue weighted by atomic mass is 35.5. The van der Waals surface area contributed by atoms with Crippen LogP contribution >= 0.6 is 11.6 Å². The lowest BCUT2D eigenvalue weighted by molar-refractivity contribution is -0.141. The van der Waals surface area contributed by atoms with E-state index in [1.54, 1.807) is 0 Å². The summed E-state index contributed by atoms with van der Waals surface area (Å²) in [6.07, 6.45) is 1.60. The standard InChI is InChI=1S/C13H16ClNO2/c1-17-13(16)7-9-15-8-6-12(15)10-2-4-11(14)5-3-10/h2-5,12H,6-9H2,1H3/t12-/m0/s1. The second-order valence-corrected chi connectivity index (χ2v) is 4.65. The number of nitrogens with zero attached hydrogens (tertiary/aromatic N) is 1. The summed E-state index contributed by atoms with van der Waals surface area (Å²) in [4.78, 5) is 13.4. The van der Waals surface area contributed by atoms with Crippen molar-refractivity contribution in [3.05, 3.63) is 34.9 Å². The summed E-state index contributed by atoms with van der Waals surface area (Å²) in [5.41, 5.74) is 1.27. The average molecular weight is 254 g/mol. The number of methoxy groups -OCH3 is 1. The first kappa shape index (κ1) is 12.4. The summed E-state index contributed by atoms with van der Waals surface area (Å²) in [5, 5.41) is 0.759. The first-order valence-electron chi connectivity index (χ1n) is 5.77. The lowest BCUT2D eigenvalue weighted by Crippen LogP contribution is -2.42. The van der Waals surface area contributed by atoms with Gasteiger partial charge in [-0.05, 0) is 24.1 Å². The molecule has 1 aliphatic heterocycles. The predicted octanol–water partition coefficient (Wildman–Crippen LogP) is 2.65. The number of carbonyl (C=O) groups excluding carboxylic acids is 1. The third-order valence-corrected chi connectivity index (χ3v) is 3.47. The van der Waals surface area contributed by atoms with Crippen molar-refractivity contribution in [1.29, 1.82) is 0 Å². The third kappa shape index (κ3) is 2.99. The Morgan fingerprint density at radius 2 is 2.18 bits per heavy atom. The van der Waals surface area contributed by atoms with Gasteiger partial charge in [0, 0.05) is 24.2 Å². The van der Waals surface area contributed by atoms with Crippen LogP contribution in [0.5, 0.6) is 0 Å². The van der Waals surface area contributed by atoms with E-state index < -0.39 is 0 Å². The molecule has 92 valence electrons. The summed E-state index contributed by atoms with van der Waals surface area (Å²) < 4.78 is 4.64. The van der Waals surface area contributed by atoms with E-state index >= 15 is 0 Å². The summed E-state index contributed by atoms with van der Waals surface area (Å²) in [7, 11) is 1.43. The zero-order valence-electron chi connectivity index (χ0n) is 9.86. The molecule has 17 heavy (non-hydrogen) atoms. The van der Waals surface area contributed by atoms with Crippen molar-refractivity contribution >= 4 is 17.6 Å². The molecule has 1 aromatic rings. The summed E-state index contributed by atoms with van der Waals surface area (Å²) >= 11 is 5.86. The lowest BCUT2D eigenvalue weighted by Gasteiger charge is -2.41. The minimum absolute atomic E-state index is 0.147. The van der Waals surface area contributed by atoms with Gasteiger partial charge in [0.25, 0.3) is 0 Å². The topological polar surface area (TPSA) is 29.5 Å². The normalized spacial score (nSPS) is 19.8. The molecular weight excluding hydrogens is 238 g/mol. The van der Waals surface area contributed by atoms with Crippen molar-refractivity contribution in [3.63, 3.8) is 0 Å². The van der Waals surface area contributed by atoms with Crippen LogP contribution in [-0.2, 0) is 9.53 Å². The van der Waals surface area contributed by atoms with Crippen LogP contribution in [0.1, 0.15) is 24.4 Å². The van der Waals surface area contributed by atoms with Crippen LogP contribution in [-0.4, -0.2) is 31.1 Å². The van der Waals surface area contributed by atoms with Crippen LogP contribution in [0.15, 0.2) is 24.3 Å². The first-order chi connectivity index (χ1) is 8.20. The van der Waals surface area contributed by atoms with Crippen molar-refractivity contribution in [2.75, 3.05) is 20.2 Å².